The van der Waals surface area contributed by atoms with E-state index in [-0.39, 0.29) is 12.6 Å². The highest BCUT2D eigenvalue weighted by molar-refractivity contribution is 5.86. The van der Waals surface area contributed by atoms with E-state index in [0.29, 0.717) is 5.56 Å². The highest BCUT2D eigenvalue weighted by Crippen LogP contribution is 2.13. The van der Waals surface area contributed by atoms with Gasteiger partial charge in [0.15, 0.2) is 6.04 Å². The lowest BCUT2D eigenvalue weighted by atomic mass is 10.1. The quantitative estimate of drug-likeness (QED) is 0.717. The van der Waals surface area contributed by atoms with Gasteiger partial charge in [0.1, 0.15) is 6.54 Å². The standard InChI is InChI=1S/C14H19N3O4/c1-9(2)17(8-11(15)18)14(21)16-12(13(19)20)10-6-4-3-5-7-10/h3-7,9,12H,8H2,1-2H3,(H2,15,18)(H,16,21)(H,19,20)/t12-/m1/s1. The minimum absolute atomic E-state index is 0.273. The molecular formula is C14H19N3O4. The summed E-state index contributed by atoms with van der Waals surface area (Å²) in [6.07, 6.45) is 0. The molecule has 0 spiro atoms. The molecule has 114 valence electrons. The fraction of sp³-hybridized carbons (Fsp3) is 0.357. The van der Waals surface area contributed by atoms with Crippen LogP contribution in [0.5, 0.6) is 0 Å². The van der Waals surface area contributed by atoms with Gasteiger partial charge in [0.05, 0.1) is 0 Å². The zero-order valence-electron chi connectivity index (χ0n) is 11.9. The Labute approximate surface area is 122 Å². The van der Waals surface area contributed by atoms with Crippen molar-refractivity contribution in [1.29, 1.82) is 0 Å². The summed E-state index contributed by atoms with van der Waals surface area (Å²) in [5.41, 5.74) is 5.54. The average Bonchev–Trinajstić information content (AvgIpc) is 2.42. The Morgan fingerprint density at radius 1 is 1.24 bits per heavy atom. The van der Waals surface area contributed by atoms with Crippen LogP contribution in [0.15, 0.2) is 30.3 Å². The second-order valence-corrected chi connectivity index (χ2v) is 4.82. The number of nitrogens with zero attached hydrogens (tertiary/aromatic N) is 1. The molecule has 1 aromatic rings. The summed E-state index contributed by atoms with van der Waals surface area (Å²) in [6, 6.07) is 6.19. The number of carboxylic acids is 1. The van der Waals surface area contributed by atoms with Crippen LogP contribution in [0.2, 0.25) is 0 Å². The van der Waals surface area contributed by atoms with Gasteiger partial charge in [0.2, 0.25) is 5.91 Å². The summed E-state index contributed by atoms with van der Waals surface area (Å²) in [5, 5.41) is 11.7. The monoisotopic (exact) mass is 293 g/mol. The average molecular weight is 293 g/mol. The molecule has 0 heterocycles. The van der Waals surface area contributed by atoms with Gasteiger partial charge >= 0.3 is 12.0 Å². The zero-order chi connectivity index (χ0) is 16.0. The van der Waals surface area contributed by atoms with Gasteiger partial charge in [-0.25, -0.2) is 9.59 Å². The predicted molar refractivity (Wildman–Crippen MR) is 76.4 cm³/mol. The first-order valence-electron chi connectivity index (χ1n) is 6.46. The minimum atomic E-state index is -1.19. The maximum absolute atomic E-state index is 12.2. The molecule has 0 saturated carbocycles. The van der Waals surface area contributed by atoms with Crippen molar-refractivity contribution in [2.75, 3.05) is 6.54 Å². The Bertz CT molecular complexity index is 516. The van der Waals surface area contributed by atoms with Gasteiger partial charge in [-0.2, -0.15) is 0 Å². The van der Waals surface area contributed by atoms with Crippen LogP contribution in [0.3, 0.4) is 0 Å². The van der Waals surface area contributed by atoms with E-state index in [1.54, 1.807) is 44.2 Å². The first-order valence-corrected chi connectivity index (χ1v) is 6.46. The summed E-state index contributed by atoms with van der Waals surface area (Å²) >= 11 is 0. The smallest absolute Gasteiger partial charge is 0.330 e. The van der Waals surface area contributed by atoms with E-state index in [9.17, 15) is 19.5 Å². The Morgan fingerprint density at radius 2 is 1.81 bits per heavy atom. The molecule has 1 aromatic carbocycles. The van der Waals surface area contributed by atoms with Crippen molar-refractivity contribution in [3.05, 3.63) is 35.9 Å². The first kappa shape index (κ1) is 16.5. The Balaban J connectivity index is 2.90. The third-order valence-corrected chi connectivity index (χ3v) is 2.86. The molecule has 7 heteroatoms. The number of hydrogen-bond acceptors (Lipinski definition) is 3. The number of carbonyl (C=O) groups is 3. The normalized spacial score (nSPS) is 11.8. The zero-order valence-corrected chi connectivity index (χ0v) is 11.9. The molecular weight excluding hydrogens is 274 g/mol. The van der Waals surface area contributed by atoms with Crippen LogP contribution < -0.4 is 11.1 Å². The second kappa shape index (κ2) is 7.28. The van der Waals surface area contributed by atoms with Crippen molar-refractivity contribution in [3.63, 3.8) is 0 Å². The van der Waals surface area contributed by atoms with Gasteiger partial charge in [-0.05, 0) is 19.4 Å². The third-order valence-electron chi connectivity index (χ3n) is 2.86. The first-order chi connectivity index (χ1) is 9.82. The van der Waals surface area contributed by atoms with E-state index >= 15 is 0 Å². The number of urea groups is 1. The number of amides is 3. The van der Waals surface area contributed by atoms with Crippen LogP contribution in [0.25, 0.3) is 0 Å². The second-order valence-electron chi connectivity index (χ2n) is 4.82. The lowest BCUT2D eigenvalue weighted by Crippen LogP contribution is -2.49. The van der Waals surface area contributed by atoms with Crippen LogP contribution in [-0.2, 0) is 9.59 Å². The van der Waals surface area contributed by atoms with E-state index in [0.717, 1.165) is 0 Å². The molecule has 3 amide bonds. The summed E-state index contributed by atoms with van der Waals surface area (Å²) in [4.78, 5) is 35.7. The Kier molecular flexibility index (Phi) is 5.71. The van der Waals surface area contributed by atoms with Crippen molar-refractivity contribution in [3.8, 4) is 0 Å². The van der Waals surface area contributed by atoms with Gasteiger partial charge in [0.25, 0.3) is 0 Å². The van der Waals surface area contributed by atoms with E-state index < -0.39 is 23.9 Å². The molecule has 7 nitrogen and oxygen atoms in total. The maximum Gasteiger partial charge on any atom is 0.330 e. The van der Waals surface area contributed by atoms with E-state index in [1.807, 2.05) is 0 Å². The van der Waals surface area contributed by atoms with Crippen molar-refractivity contribution in [1.82, 2.24) is 10.2 Å². The van der Waals surface area contributed by atoms with E-state index in [1.165, 1.54) is 4.90 Å². The summed E-state index contributed by atoms with van der Waals surface area (Å²) in [5.74, 6) is -1.84. The van der Waals surface area contributed by atoms with E-state index in [4.69, 9.17) is 5.73 Å². The molecule has 0 aliphatic rings. The van der Waals surface area contributed by atoms with Gasteiger partial charge in [-0.1, -0.05) is 30.3 Å². The third kappa shape index (κ3) is 4.79. The minimum Gasteiger partial charge on any atom is -0.479 e. The number of carbonyl (C=O) groups excluding carboxylic acids is 2. The molecule has 0 aromatic heterocycles. The molecule has 0 aliphatic heterocycles. The van der Waals surface area contributed by atoms with Crippen LogP contribution in [0.1, 0.15) is 25.5 Å². The topological polar surface area (TPSA) is 113 Å². The highest BCUT2D eigenvalue weighted by atomic mass is 16.4. The molecule has 0 aliphatic carbocycles. The highest BCUT2D eigenvalue weighted by Gasteiger charge is 2.26. The number of carboxylic acid groups (broad SMARTS) is 1. The summed E-state index contributed by atoms with van der Waals surface area (Å²) in [6.45, 7) is 3.15. The summed E-state index contributed by atoms with van der Waals surface area (Å²) < 4.78 is 0. The molecule has 1 rings (SSSR count). The van der Waals surface area contributed by atoms with Crippen LogP contribution in [-0.4, -0.2) is 40.5 Å². The lowest BCUT2D eigenvalue weighted by molar-refractivity contribution is -0.139. The Hall–Kier alpha value is -2.57. The fourth-order valence-electron chi connectivity index (χ4n) is 1.80. The summed E-state index contributed by atoms with van der Waals surface area (Å²) in [7, 11) is 0. The molecule has 0 saturated heterocycles. The fourth-order valence-corrected chi connectivity index (χ4v) is 1.80. The molecule has 21 heavy (non-hydrogen) atoms. The number of benzene rings is 1. The molecule has 0 bridgehead atoms. The Morgan fingerprint density at radius 3 is 2.24 bits per heavy atom. The molecule has 1 atom stereocenters. The number of nitrogens with one attached hydrogen (secondary N) is 1. The SMILES string of the molecule is CC(C)N(CC(N)=O)C(=O)N[C@@H](C(=O)O)c1ccccc1. The lowest BCUT2D eigenvalue weighted by Gasteiger charge is -2.27. The van der Waals surface area contributed by atoms with Gasteiger partial charge in [-0.15, -0.1) is 0 Å². The van der Waals surface area contributed by atoms with Crippen LogP contribution >= 0.6 is 0 Å². The number of rotatable bonds is 6. The van der Waals surface area contributed by atoms with Crippen LogP contribution in [0.4, 0.5) is 4.79 Å². The molecule has 0 radical (unpaired) electrons. The predicted octanol–water partition coefficient (Wildman–Crippen LogP) is 0.718. The number of nitrogens with two attached hydrogens (primary N) is 1. The van der Waals surface area contributed by atoms with Crippen molar-refractivity contribution in [2.24, 2.45) is 5.73 Å². The number of aliphatic carboxylic acids is 1. The molecule has 4 N–H and O–H groups in total. The van der Waals surface area contributed by atoms with Crippen molar-refractivity contribution in [2.45, 2.75) is 25.9 Å². The molecule has 0 unspecified atom stereocenters. The van der Waals surface area contributed by atoms with E-state index in [2.05, 4.69) is 5.32 Å². The number of hydrogen-bond donors (Lipinski definition) is 3. The van der Waals surface area contributed by atoms with Gasteiger partial charge in [-0.3, -0.25) is 4.79 Å². The number of primary amides is 1. The van der Waals surface area contributed by atoms with Crippen molar-refractivity contribution >= 4 is 17.9 Å². The van der Waals surface area contributed by atoms with Gasteiger partial charge < -0.3 is 21.1 Å². The van der Waals surface area contributed by atoms with Gasteiger partial charge in [0, 0.05) is 6.04 Å². The van der Waals surface area contributed by atoms with Crippen LogP contribution in [0, 0.1) is 0 Å². The molecule has 0 fully saturated rings. The largest absolute Gasteiger partial charge is 0.479 e. The van der Waals surface area contributed by atoms with Crippen molar-refractivity contribution < 1.29 is 19.5 Å². The maximum atomic E-state index is 12.2.